The van der Waals surface area contributed by atoms with E-state index in [4.69, 9.17) is 4.74 Å². The minimum atomic E-state index is -0.984. The molecule has 0 spiro atoms. The van der Waals surface area contributed by atoms with E-state index in [1.54, 1.807) is 0 Å². The van der Waals surface area contributed by atoms with Gasteiger partial charge >= 0.3 is 5.97 Å². The van der Waals surface area contributed by atoms with Gasteiger partial charge in [0, 0.05) is 23.7 Å². The average Bonchev–Trinajstić information content (AvgIpc) is 2.77. The molecule has 0 radical (unpaired) electrons. The lowest BCUT2D eigenvalue weighted by molar-refractivity contribution is -0.167. The van der Waals surface area contributed by atoms with Crippen molar-refractivity contribution in [2.45, 2.75) is 85.7 Å². The van der Waals surface area contributed by atoms with E-state index in [1.807, 2.05) is 41.5 Å². The second-order valence-electron chi connectivity index (χ2n) is 8.61. The maximum absolute atomic E-state index is 12.8. The number of fused-ring (bicyclic) bond motifs is 2. The summed E-state index contributed by atoms with van der Waals surface area (Å²) in [5.41, 5.74) is -2.36. The Kier molecular flexibility index (Phi) is 4.28. The molecule has 0 N–H and O–H groups in total. The molecular weight excluding hydrogens is 292 g/mol. The molecule has 130 valence electrons. The maximum atomic E-state index is 12.8. The highest BCUT2D eigenvalue weighted by molar-refractivity contribution is 5.97. The summed E-state index contributed by atoms with van der Waals surface area (Å²) in [6, 6.07) is 0. The summed E-state index contributed by atoms with van der Waals surface area (Å²) in [6.07, 6.45) is 3.36. The molecule has 23 heavy (non-hydrogen) atoms. The molecule has 0 aromatic rings. The van der Waals surface area contributed by atoms with Crippen LogP contribution >= 0.6 is 0 Å². The van der Waals surface area contributed by atoms with Crippen LogP contribution in [0.2, 0.25) is 0 Å². The number of rotatable bonds is 7. The summed E-state index contributed by atoms with van der Waals surface area (Å²) < 4.78 is 5.60. The zero-order valence-electron chi connectivity index (χ0n) is 15.4. The summed E-state index contributed by atoms with van der Waals surface area (Å²) in [6.45, 7) is 11.7. The van der Waals surface area contributed by atoms with Gasteiger partial charge in [0.15, 0.2) is 11.4 Å². The van der Waals surface area contributed by atoms with Crippen molar-refractivity contribution in [3.8, 4) is 0 Å². The Bertz CT molecular complexity index is 546. The number of hydrogen-bond acceptors (Lipinski definition) is 4. The predicted molar refractivity (Wildman–Crippen MR) is 87.9 cm³/mol. The van der Waals surface area contributed by atoms with Gasteiger partial charge in [-0.1, -0.05) is 34.6 Å². The lowest BCUT2D eigenvalue weighted by Crippen LogP contribution is -2.47. The molecule has 0 aromatic heterocycles. The lowest BCUT2D eigenvalue weighted by Gasteiger charge is -2.35. The van der Waals surface area contributed by atoms with Crippen molar-refractivity contribution < 1.29 is 19.1 Å². The van der Waals surface area contributed by atoms with Gasteiger partial charge in [0.05, 0.1) is 5.41 Å². The fraction of sp³-hybridized carbons (Fsp3) is 0.842. The van der Waals surface area contributed by atoms with E-state index in [2.05, 4.69) is 0 Å². The standard InChI is InChI=1S/C19H30O4/c1-7-16(2,3)13(20)9-8-10-14(21)19-12-11-18(6,15(22)23-19)17(19,4)5/h7-12H2,1-6H3. The van der Waals surface area contributed by atoms with Gasteiger partial charge in [0.2, 0.25) is 0 Å². The maximum Gasteiger partial charge on any atom is 0.313 e. The van der Waals surface area contributed by atoms with E-state index in [1.165, 1.54) is 0 Å². The fourth-order valence-electron chi connectivity index (χ4n) is 4.00. The zero-order valence-corrected chi connectivity index (χ0v) is 15.4. The predicted octanol–water partition coefficient (Wildman–Crippen LogP) is 3.85. The second-order valence-corrected chi connectivity index (χ2v) is 8.61. The monoisotopic (exact) mass is 322 g/mol. The van der Waals surface area contributed by atoms with Crippen LogP contribution in [0.3, 0.4) is 0 Å². The van der Waals surface area contributed by atoms with Crippen molar-refractivity contribution in [2.24, 2.45) is 16.2 Å². The van der Waals surface area contributed by atoms with Gasteiger partial charge in [-0.2, -0.15) is 0 Å². The van der Waals surface area contributed by atoms with Crippen molar-refractivity contribution in [1.82, 2.24) is 0 Å². The summed E-state index contributed by atoms with van der Waals surface area (Å²) in [5.74, 6) is -0.0614. The highest BCUT2D eigenvalue weighted by Gasteiger charge is 2.74. The van der Waals surface area contributed by atoms with Crippen LogP contribution in [0.1, 0.15) is 80.1 Å². The van der Waals surface area contributed by atoms with Gasteiger partial charge in [-0.15, -0.1) is 0 Å². The third-order valence-corrected chi connectivity index (χ3v) is 6.98. The smallest absolute Gasteiger partial charge is 0.313 e. The molecule has 1 aliphatic carbocycles. The fourth-order valence-corrected chi connectivity index (χ4v) is 4.00. The Morgan fingerprint density at radius 1 is 1.13 bits per heavy atom. The number of carbonyl (C=O) groups excluding carboxylic acids is 3. The number of esters is 1. The molecule has 1 aliphatic heterocycles. The van der Waals surface area contributed by atoms with Crippen molar-refractivity contribution in [3.63, 3.8) is 0 Å². The number of ether oxygens (including phenoxy) is 1. The number of carbonyl (C=O) groups is 3. The molecule has 0 aromatic carbocycles. The zero-order chi connectivity index (χ0) is 17.7. The van der Waals surface area contributed by atoms with Crippen LogP contribution < -0.4 is 0 Å². The lowest BCUT2D eigenvalue weighted by atomic mass is 9.65. The molecule has 2 fully saturated rings. The van der Waals surface area contributed by atoms with Gasteiger partial charge in [-0.05, 0) is 32.6 Å². The van der Waals surface area contributed by atoms with Gasteiger partial charge < -0.3 is 4.74 Å². The second kappa shape index (κ2) is 5.42. The molecule has 4 heteroatoms. The first-order valence-corrected chi connectivity index (χ1v) is 8.75. The highest BCUT2D eigenvalue weighted by Crippen LogP contribution is 2.66. The summed E-state index contributed by atoms with van der Waals surface area (Å²) >= 11 is 0. The van der Waals surface area contributed by atoms with Crippen molar-refractivity contribution in [3.05, 3.63) is 0 Å². The van der Waals surface area contributed by atoms with Crippen LogP contribution in [0, 0.1) is 16.2 Å². The van der Waals surface area contributed by atoms with E-state index in [-0.39, 0.29) is 23.0 Å². The van der Waals surface area contributed by atoms with E-state index in [9.17, 15) is 14.4 Å². The third kappa shape index (κ3) is 2.36. The first kappa shape index (κ1) is 18.2. The number of Topliss-reactive ketones (excluding diaryl/α,β-unsaturated/α-hetero) is 2. The molecule has 1 saturated heterocycles. The van der Waals surface area contributed by atoms with Gasteiger partial charge in [-0.3, -0.25) is 14.4 Å². The summed E-state index contributed by atoms with van der Waals surface area (Å²) in [5, 5.41) is 0. The molecule has 0 amide bonds. The van der Waals surface area contributed by atoms with E-state index >= 15 is 0 Å². The van der Waals surface area contributed by atoms with Crippen LogP contribution in [0.4, 0.5) is 0 Å². The van der Waals surface area contributed by atoms with E-state index in [0.717, 1.165) is 6.42 Å². The Labute approximate surface area is 139 Å². The van der Waals surface area contributed by atoms with Gasteiger partial charge in [0.1, 0.15) is 5.78 Å². The summed E-state index contributed by atoms with van der Waals surface area (Å²) in [7, 11) is 0. The van der Waals surface area contributed by atoms with Gasteiger partial charge in [0.25, 0.3) is 0 Å². The Morgan fingerprint density at radius 2 is 1.74 bits per heavy atom. The minimum absolute atomic E-state index is 0.0146. The van der Waals surface area contributed by atoms with Crippen LogP contribution in [0.25, 0.3) is 0 Å². The van der Waals surface area contributed by atoms with Crippen molar-refractivity contribution >= 4 is 17.5 Å². The van der Waals surface area contributed by atoms with E-state index < -0.39 is 16.4 Å². The molecular formula is C19H30O4. The van der Waals surface area contributed by atoms with Crippen LogP contribution in [0.5, 0.6) is 0 Å². The minimum Gasteiger partial charge on any atom is -0.450 e. The first-order valence-electron chi connectivity index (χ1n) is 8.75. The largest absolute Gasteiger partial charge is 0.450 e. The number of hydrogen-bond donors (Lipinski definition) is 0. The van der Waals surface area contributed by atoms with Crippen LogP contribution in [-0.4, -0.2) is 23.1 Å². The Balaban J connectivity index is 2.03. The molecule has 1 saturated carbocycles. The SMILES string of the molecule is CCC(C)(C)C(=O)CCCC(=O)C12CCC(C)(C(=O)O1)C2(C)C. The highest BCUT2D eigenvalue weighted by atomic mass is 16.6. The van der Waals surface area contributed by atoms with Crippen molar-refractivity contribution in [1.29, 1.82) is 0 Å². The first-order chi connectivity index (χ1) is 10.4. The van der Waals surface area contributed by atoms with Gasteiger partial charge in [-0.25, -0.2) is 0 Å². The Hall–Kier alpha value is -1.19. The van der Waals surface area contributed by atoms with Crippen LogP contribution in [-0.2, 0) is 19.1 Å². The van der Waals surface area contributed by atoms with Crippen molar-refractivity contribution in [2.75, 3.05) is 0 Å². The molecule has 2 unspecified atom stereocenters. The molecule has 4 nitrogen and oxygen atoms in total. The molecule has 2 atom stereocenters. The topological polar surface area (TPSA) is 60.4 Å². The van der Waals surface area contributed by atoms with E-state index in [0.29, 0.717) is 32.1 Å². The third-order valence-electron chi connectivity index (χ3n) is 6.98. The summed E-state index contributed by atoms with van der Waals surface area (Å²) in [4.78, 5) is 37.2. The normalized spacial score (nSPS) is 32.0. The molecule has 2 rings (SSSR count). The quantitative estimate of drug-likeness (QED) is 0.668. The Morgan fingerprint density at radius 3 is 2.17 bits per heavy atom. The molecule has 1 heterocycles. The average molecular weight is 322 g/mol. The number of ketones is 2. The molecule has 2 aliphatic rings. The van der Waals surface area contributed by atoms with Crippen LogP contribution in [0.15, 0.2) is 0 Å². The molecule has 2 bridgehead atoms.